The first-order valence-corrected chi connectivity index (χ1v) is 6.54. The van der Waals surface area contributed by atoms with Crippen LogP contribution in [0, 0.1) is 0 Å². The zero-order valence-electron chi connectivity index (χ0n) is 11.9. The number of aromatic nitrogens is 3. The number of methoxy groups -OCH3 is 1. The Morgan fingerprint density at radius 1 is 1.10 bits per heavy atom. The Morgan fingerprint density at radius 3 is 2.60 bits per heavy atom. The van der Waals surface area contributed by atoms with E-state index in [4.69, 9.17) is 9.47 Å². The summed E-state index contributed by atoms with van der Waals surface area (Å²) in [4.78, 5) is 12.8. The maximum absolute atomic E-state index is 5.60. The van der Waals surface area contributed by atoms with Crippen molar-refractivity contribution in [2.45, 2.75) is 13.8 Å². The first-order valence-electron chi connectivity index (χ1n) is 6.54. The molecule has 106 valence electrons. The summed E-state index contributed by atoms with van der Waals surface area (Å²) in [6.45, 7) is 5.22. The van der Waals surface area contributed by atoms with Crippen molar-refractivity contribution in [3.63, 3.8) is 0 Å². The van der Waals surface area contributed by atoms with Gasteiger partial charge in [0.15, 0.2) is 5.82 Å². The van der Waals surface area contributed by atoms with Crippen molar-refractivity contribution >= 4 is 5.95 Å². The molecule has 2 rings (SSSR count). The molecule has 1 N–H and O–H groups in total. The smallest absolute Gasteiger partial charge is 0.321 e. The van der Waals surface area contributed by atoms with Crippen molar-refractivity contribution in [2.24, 2.45) is 0 Å². The van der Waals surface area contributed by atoms with Crippen molar-refractivity contribution < 1.29 is 9.47 Å². The number of rotatable bonds is 6. The molecule has 0 saturated heterocycles. The molecule has 0 unspecified atom stereocenters. The normalized spacial score (nSPS) is 10.2. The minimum Gasteiger partial charge on any atom is -0.493 e. The van der Waals surface area contributed by atoms with E-state index in [0.717, 1.165) is 17.9 Å². The summed E-state index contributed by atoms with van der Waals surface area (Å²) in [7, 11) is 1.53. The number of para-hydroxylation sites is 1. The quantitative estimate of drug-likeness (QED) is 0.872. The van der Waals surface area contributed by atoms with Crippen LogP contribution in [0.1, 0.15) is 13.8 Å². The van der Waals surface area contributed by atoms with E-state index in [2.05, 4.69) is 20.3 Å². The van der Waals surface area contributed by atoms with Crippen LogP contribution in [0.5, 0.6) is 11.8 Å². The van der Waals surface area contributed by atoms with Crippen molar-refractivity contribution in [3.8, 4) is 23.1 Å². The molecule has 1 heterocycles. The van der Waals surface area contributed by atoms with E-state index in [9.17, 15) is 0 Å². The van der Waals surface area contributed by atoms with Gasteiger partial charge in [-0.3, -0.25) is 0 Å². The summed E-state index contributed by atoms with van der Waals surface area (Å²) in [6, 6.07) is 7.91. The maximum Gasteiger partial charge on any atom is 0.321 e. The first-order chi connectivity index (χ1) is 9.78. The van der Waals surface area contributed by atoms with E-state index in [-0.39, 0.29) is 6.01 Å². The lowest BCUT2D eigenvalue weighted by molar-refractivity contribution is 0.341. The second-order valence-electron chi connectivity index (χ2n) is 3.93. The standard InChI is InChI=1S/C14H18N4O2/c1-4-15-13-16-12(17-14(18-13)19-3)10-8-6-7-9-11(10)20-5-2/h6-9H,4-5H2,1-3H3,(H,15,16,17,18). The maximum atomic E-state index is 5.60. The van der Waals surface area contributed by atoms with Gasteiger partial charge in [0.25, 0.3) is 0 Å². The summed E-state index contributed by atoms with van der Waals surface area (Å²) in [5.41, 5.74) is 0.814. The number of nitrogens with zero attached hydrogens (tertiary/aromatic N) is 3. The lowest BCUT2D eigenvalue weighted by Gasteiger charge is -2.10. The molecule has 2 aromatic rings. The molecular formula is C14H18N4O2. The number of hydrogen-bond donors (Lipinski definition) is 1. The Labute approximate surface area is 118 Å². The molecule has 0 aliphatic carbocycles. The third-order valence-electron chi connectivity index (χ3n) is 2.56. The average Bonchev–Trinajstić information content (AvgIpc) is 2.48. The number of nitrogens with one attached hydrogen (secondary N) is 1. The number of benzene rings is 1. The van der Waals surface area contributed by atoms with Crippen molar-refractivity contribution in [2.75, 3.05) is 25.6 Å². The minimum absolute atomic E-state index is 0.275. The van der Waals surface area contributed by atoms with Crippen molar-refractivity contribution in [1.82, 2.24) is 15.0 Å². The fourth-order valence-corrected chi connectivity index (χ4v) is 1.74. The van der Waals surface area contributed by atoms with Gasteiger partial charge in [0.1, 0.15) is 5.75 Å². The summed E-state index contributed by atoms with van der Waals surface area (Å²) in [5, 5.41) is 3.06. The van der Waals surface area contributed by atoms with Gasteiger partial charge >= 0.3 is 6.01 Å². The second kappa shape index (κ2) is 6.70. The zero-order valence-corrected chi connectivity index (χ0v) is 11.9. The predicted octanol–water partition coefficient (Wildman–Crippen LogP) is 2.38. The Kier molecular flexibility index (Phi) is 4.70. The summed E-state index contributed by atoms with van der Waals surface area (Å²) in [6.07, 6.45) is 0. The highest BCUT2D eigenvalue weighted by Crippen LogP contribution is 2.28. The highest BCUT2D eigenvalue weighted by molar-refractivity contribution is 5.64. The van der Waals surface area contributed by atoms with Crippen molar-refractivity contribution in [1.29, 1.82) is 0 Å². The van der Waals surface area contributed by atoms with E-state index in [0.29, 0.717) is 18.4 Å². The number of ether oxygens (including phenoxy) is 2. The van der Waals surface area contributed by atoms with Crippen LogP contribution in [0.25, 0.3) is 11.4 Å². The fourth-order valence-electron chi connectivity index (χ4n) is 1.74. The van der Waals surface area contributed by atoms with Gasteiger partial charge in [-0.05, 0) is 26.0 Å². The van der Waals surface area contributed by atoms with Crippen LogP contribution in [0.4, 0.5) is 5.95 Å². The molecule has 0 amide bonds. The molecule has 0 spiro atoms. The molecule has 0 radical (unpaired) electrons. The Bertz CT molecular complexity index is 575. The average molecular weight is 274 g/mol. The van der Waals surface area contributed by atoms with Crippen LogP contribution in [0.15, 0.2) is 24.3 Å². The molecular weight excluding hydrogens is 256 g/mol. The largest absolute Gasteiger partial charge is 0.493 e. The van der Waals surface area contributed by atoms with Gasteiger partial charge < -0.3 is 14.8 Å². The molecule has 1 aromatic carbocycles. The third kappa shape index (κ3) is 3.14. The molecule has 0 aliphatic heterocycles. The van der Waals surface area contributed by atoms with Gasteiger partial charge in [0, 0.05) is 6.54 Å². The molecule has 0 aliphatic rings. The monoisotopic (exact) mass is 274 g/mol. The lowest BCUT2D eigenvalue weighted by Crippen LogP contribution is -2.06. The van der Waals surface area contributed by atoms with Crippen LogP contribution >= 0.6 is 0 Å². The van der Waals surface area contributed by atoms with Gasteiger partial charge in [-0.15, -0.1) is 0 Å². The number of hydrogen-bond acceptors (Lipinski definition) is 6. The Morgan fingerprint density at radius 2 is 1.90 bits per heavy atom. The number of anilines is 1. The predicted molar refractivity (Wildman–Crippen MR) is 77.1 cm³/mol. The summed E-state index contributed by atoms with van der Waals surface area (Å²) in [5.74, 6) is 1.75. The van der Waals surface area contributed by atoms with Crippen LogP contribution in [0.3, 0.4) is 0 Å². The first kappa shape index (κ1) is 14.0. The van der Waals surface area contributed by atoms with Gasteiger partial charge in [-0.2, -0.15) is 15.0 Å². The Balaban J connectivity index is 2.48. The van der Waals surface area contributed by atoms with Gasteiger partial charge in [-0.25, -0.2) is 0 Å². The summed E-state index contributed by atoms with van der Waals surface area (Å²) >= 11 is 0. The fraction of sp³-hybridized carbons (Fsp3) is 0.357. The van der Waals surface area contributed by atoms with Gasteiger partial charge in [-0.1, -0.05) is 12.1 Å². The highest BCUT2D eigenvalue weighted by atomic mass is 16.5. The van der Waals surface area contributed by atoms with E-state index >= 15 is 0 Å². The molecule has 0 saturated carbocycles. The zero-order chi connectivity index (χ0) is 14.4. The van der Waals surface area contributed by atoms with E-state index in [1.807, 2.05) is 38.1 Å². The molecule has 1 aromatic heterocycles. The Hall–Kier alpha value is -2.37. The molecule has 0 atom stereocenters. The van der Waals surface area contributed by atoms with E-state index < -0.39 is 0 Å². The van der Waals surface area contributed by atoms with Crippen LogP contribution in [0.2, 0.25) is 0 Å². The van der Waals surface area contributed by atoms with Crippen molar-refractivity contribution in [3.05, 3.63) is 24.3 Å². The second-order valence-corrected chi connectivity index (χ2v) is 3.93. The van der Waals surface area contributed by atoms with E-state index in [1.54, 1.807) is 0 Å². The van der Waals surface area contributed by atoms with Gasteiger partial charge in [0.05, 0.1) is 19.3 Å². The SMILES string of the molecule is CCNc1nc(OC)nc(-c2ccccc2OCC)n1. The lowest BCUT2D eigenvalue weighted by atomic mass is 10.2. The van der Waals surface area contributed by atoms with Gasteiger partial charge in [0.2, 0.25) is 5.95 Å². The molecule has 20 heavy (non-hydrogen) atoms. The molecule has 6 nitrogen and oxygen atoms in total. The topological polar surface area (TPSA) is 69.2 Å². The highest BCUT2D eigenvalue weighted by Gasteiger charge is 2.12. The van der Waals surface area contributed by atoms with Crippen LogP contribution < -0.4 is 14.8 Å². The van der Waals surface area contributed by atoms with Crippen LogP contribution in [-0.2, 0) is 0 Å². The van der Waals surface area contributed by atoms with Crippen LogP contribution in [-0.4, -0.2) is 35.2 Å². The summed E-state index contributed by atoms with van der Waals surface area (Å²) < 4.78 is 10.7. The molecule has 6 heteroatoms. The molecule has 0 fully saturated rings. The minimum atomic E-state index is 0.275. The molecule has 0 bridgehead atoms. The third-order valence-corrected chi connectivity index (χ3v) is 2.56. The van der Waals surface area contributed by atoms with E-state index in [1.165, 1.54) is 7.11 Å².